The van der Waals surface area contributed by atoms with Gasteiger partial charge in [-0.25, -0.2) is 0 Å². The number of hydrogen-bond donors (Lipinski definition) is 1. The maximum atomic E-state index is 6.15. The van der Waals surface area contributed by atoms with Crippen LogP contribution in [0, 0.1) is 12.8 Å². The van der Waals surface area contributed by atoms with Gasteiger partial charge in [-0.15, -0.1) is 11.6 Å². The third-order valence-corrected chi connectivity index (χ3v) is 3.93. The van der Waals surface area contributed by atoms with Crippen molar-refractivity contribution in [3.8, 4) is 0 Å². The maximum absolute atomic E-state index is 6.15. The third-order valence-electron chi connectivity index (χ3n) is 2.97. The Hall–Kier alpha value is -0.250. The van der Waals surface area contributed by atoms with Crippen molar-refractivity contribution in [3.05, 3.63) is 16.4 Å². The molecule has 0 fully saturated rings. The monoisotopic (exact) mass is 263 g/mol. The Bertz CT molecular complexity index is 349. The molecule has 1 heterocycles. The zero-order chi connectivity index (χ0) is 12.3. The molecule has 16 heavy (non-hydrogen) atoms. The molecule has 2 unspecified atom stereocenters. The molecule has 5 heteroatoms. The van der Waals surface area contributed by atoms with Crippen LogP contribution >= 0.6 is 23.2 Å². The Balaban J connectivity index is 2.61. The summed E-state index contributed by atoms with van der Waals surface area (Å²) in [7, 11) is 1.85. The van der Waals surface area contributed by atoms with Crippen molar-refractivity contribution in [1.82, 2.24) is 15.1 Å². The lowest BCUT2D eigenvalue weighted by atomic mass is 10.1. The van der Waals surface area contributed by atoms with Crippen LogP contribution < -0.4 is 5.32 Å². The Labute approximate surface area is 107 Å². The molecule has 0 aliphatic carbocycles. The second kappa shape index (κ2) is 5.89. The van der Waals surface area contributed by atoms with E-state index < -0.39 is 0 Å². The van der Waals surface area contributed by atoms with Crippen molar-refractivity contribution in [3.63, 3.8) is 0 Å². The average molecular weight is 264 g/mol. The summed E-state index contributed by atoms with van der Waals surface area (Å²) in [5, 5.41) is 8.40. The highest BCUT2D eigenvalue weighted by Gasteiger charge is 2.14. The molecule has 1 rings (SSSR count). The van der Waals surface area contributed by atoms with E-state index in [0.29, 0.717) is 23.0 Å². The van der Waals surface area contributed by atoms with E-state index in [4.69, 9.17) is 23.2 Å². The van der Waals surface area contributed by atoms with Crippen LogP contribution in [0.2, 0.25) is 5.15 Å². The molecule has 2 atom stereocenters. The number of nitrogens with one attached hydrogen (secondary N) is 1. The quantitative estimate of drug-likeness (QED) is 0.829. The molecule has 1 aromatic rings. The molecule has 0 bridgehead atoms. The first-order valence-corrected chi connectivity index (χ1v) is 6.36. The normalized spacial score (nSPS) is 15.1. The molecule has 0 saturated heterocycles. The summed E-state index contributed by atoms with van der Waals surface area (Å²) in [4.78, 5) is 0. The molecule has 3 nitrogen and oxygen atoms in total. The van der Waals surface area contributed by atoms with Crippen molar-refractivity contribution in [2.24, 2.45) is 13.0 Å². The topological polar surface area (TPSA) is 29.9 Å². The molecular weight excluding hydrogens is 245 g/mol. The van der Waals surface area contributed by atoms with Crippen LogP contribution in [0.5, 0.6) is 0 Å². The SMILES string of the molecule is Cc1nn(C)c(Cl)c1CNC(C)C(C)CCl. The van der Waals surface area contributed by atoms with E-state index in [0.717, 1.165) is 17.8 Å². The first-order valence-electron chi connectivity index (χ1n) is 5.44. The highest BCUT2D eigenvalue weighted by atomic mass is 35.5. The lowest BCUT2D eigenvalue weighted by molar-refractivity contribution is 0.429. The first kappa shape index (κ1) is 13.8. The molecule has 1 N–H and O–H groups in total. The van der Waals surface area contributed by atoms with Gasteiger partial charge in [-0.05, 0) is 19.8 Å². The Morgan fingerprint density at radius 3 is 2.50 bits per heavy atom. The van der Waals surface area contributed by atoms with Crippen molar-refractivity contribution in [2.45, 2.75) is 33.4 Å². The highest BCUT2D eigenvalue weighted by molar-refractivity contribution is 6.30. The number of rotatable bonds is 5. The van der Waals surface area contributed by atoms with Gasteiger partial charge in [-0.3, -0.25) is 4.68 Å². The number of aromatic nitrogens is 2. The number of alkyl halides is 1. The number of aryl methyl sites for hydroxylation is 2. The summed E-state index contributed by atoms with van der Waals surface area (Å²) in [5.41, 5.74) is 2.04. The van der Waals surface area contributed by atoms with Gasteiger partial charge in [0, 0.05) is 31.1 Å². The van der Waals surface area contributed by atoms with Crippen LogP contribution in [-0.4, -0.2) is 21.7 Å². The second-order valence-corrected chi connectivity index (χ2v) is 4.95. The van der Waals surface area contributed by atoms with Crippen molar-refractivity contribution in [1.29, 1.82) is 0 Å². The van der Waals surface area contributed by atoms with Crippen molar-refractivity contribution < 1.29 is 0 Å². The minimum absolute atomic E-state index is 0.369. The number of nitrogens with zero attached hydrogens (tertiary/aromatic N) is 2. The zero-order valence-corrected chi connectivity index (χ0v) is 11.7. The van der Waals surface area contributed by atoms with E-state index in [1.165, 1.54) is 0 Å². The Morgan fingerprint density at radius 2 is 2.06 bits per heavy atom. The largest absolute Gasteiger partial charge is 0.310 e. The molecule has 0 amide bonds. The van der Waals surface area contributed by atoms with Gasteiger partial charge in [0.15, 0.2) is 0 Å². The minimum Gasteiger partial charge on any atom is -0.310 e. The van der Waals surface area contributed by atoms with E-state index in [9.17, 15) is 0 Å². The molecule has 0 saturated carbocycles. The fraction of sp³-hybridized carbons (Fsp3) is 0.727. The van der Waals surface area contributed by atoms with Gasteiger partial charge in [0.25, 0.3) is 0 Å². The van der Waals surface area contributed by atoms with Crippen LogP contribution in [0.4, 0.5) is 0 Å². The smallest absolute Gasteiger partial charge is 0.131 e. The fourth-order valence-corrected chi connectivity index (χ4v) is 1.98. The van der Waals surface area contributed by atoms with Crippen LogP contribution in [0.25, 0.3) is 0 Å². The van der Waals surface area contributed by atoms with E-state index in [2.05, 4.69) is 24.3 Å². The maximum Gasteiger partial charge on any atom is 0.131 e. The van der Waals surface area contributed by atoms with Crippen LogP contribution in [0.15, 0.2) is 0 Å². The van der Waals surface area contributed by atoms with Gasteiger partial charge in [-0.2, -0.15) is 5.10 Å². The molecule has 0 aliphatic rings. The predicted molar refractivity (Wildman–Crippen MR) is 69.1 cm³/mol. The third kappa shape index (κ3) is 3.12. The molecule has 1 aromatic heterocycles. The molecule has 0 radical (unpaired) electrons. The van der Waals surface area contributed by atoms with Gasteiger partial charge in [0.2, 0.25) is 0 Å². The van der Waals surface area contributed by atoms with Gasteiger partial charge in [-0.1, -0.05) is 18.5 Å². The van der Waals surface area contributed by atoms with Gasteiger partial charge < -0.3 is 5.32 Å². The summed E-state index contributed by atoms with van der Waals surface area (Å²) in [6.45, 7) is 6.97. The van der Waals surface area contributed by atoms with E-state index in [1.54, 1.807) is 4.68 Å². The fourth-order valence-electron chi connectivity index (χ4n) is 1.47. The van der Waals surface area contributed by atoms with Gasteiger partial charge >= 0.3 is 0 Å². The molecule has 92 valence electrons. The molecule has 0 aliphatic heterocycles. The minimum atomic E-state index is 0.369. The van der Waals surface area contributed by atoms with Crippen LogP contribution in [0.1, 0.15) is 25.1 Å². The summed E-state index contributed by atoms with van der Waals surface area (Å²) >= 11 is 12.0. The van der Waals surface area contributed by atoms with E-state index in [1.807, 2.05) is 14.0 Å². The number of hydrogen-bond acceptors (Lipinski definition) is 2. The lowest BCUT2D eigenvalue weighted by Crippen LogP contribution is -2.32. The average Bonchev–Trinajstić information content (AvgIpc) is 2.49. The Morgan fingerprint density at radius 1 is 1.44 bits per heavy atom. The lowest BCUT2D eigenvalue weighted by Gasteiger charge is -2.19. The first-order chi connectivity index (χ1) is 7.47. The highest BCUT2D eigenvalue weighted by Crippen LogP contribution is 2.18. The summed E-state index contributed by atoms with van der Waals surface area (Å²) < 4.78 is 1.70. The van der Waals surface area contributed by atoms with Crippen molar-refractivity contribution in [2.75, 3.05) is 5.88 Å². The second-order valence-electron chi connectivity index (χ2n) is 4.28. The van der Waals surface area contributed by atoms with Crippen LogP contribution in [0.3, 0.4) is 0 Å². The van der Waals surface area contributed by atoms with Crippen LogP contribution in [-0.2, 0) is 13.6 Å². The predicted octanol–water partition coefficient (Wildman–Crippen LogP) is 2.73. The van der Waals surface area contributed by atoms with Crippen molar-refractivity contribution >= 4 is 23.2 Å². The standard InChI is InChI=1S/C11H19Cl2N3/c1-7(5-12)8(2)14-6-10-9(3)15-16(4)11(10)13/h7-8,14H,5-6H2,1-4H3. The number of halogens is 2. The van der Waals surface area contributed by atoms with E-state index in [-0.39, 0.29) is 0 Å². The molecule has 0 spiro atoms. The molecular formula is C11H19Cl2N3. The summed E-state index contributed by atoms with van der Waals surface area (Å²) in [6, 6.07) is 0.369. The summed E-state index contributed by atoms with van der Waals surface area (Å²) in [6.07, 6.45) is 0. The summed E-state index contributed by atoms with van der Waals surface area (Å²) in [5.74, 6) is 1.10. The Kier molecular flexibility index (Phi) is 5.09. The zero-order valence-electron chi connectivity index (χ0n) is 10.2. The van der Waals surface area contributed by atoms with Gasteiger partial charge in [0.05, 0.1) is 5.69 Å². The van der Waals surface area contributed by atoms with Gasteiger partial charge in [0.1, 0.15) is 5.15 Å². The molecule has 0 aromatic carbocycles. The van der Waals surface area contributed by atoms with E-state index >= 15 is 0 Å².